The van der Waals surface area contributed by atoms with Gasteiger partial charge in [-0.3, -0.25) is 9.69 Å². The number of carboxylic acids is 1. The number of hydrogen-bond donors (Lipinski definition) is 1. The summed E-state index contributed by atoms with van der Waals surface area (Å²) in [5.41, 5.74) is 2.39. The van der Waals surface area contributed by atoms with Gasteiger partial charge in [-0.15, -0.1) is 0 Å². The Morgan fingerprint density at radius 1 is 1.10 bits per heavy atom. The maximum Gasteiger partial charge on any atom is 0.416 e. The van der Waals surface area contributed by atoms with Crippen molar-refractivity contribution in [2.75, 3.05) is 6.54 Å². The number of alkyl halides is 3. The Morgan fingerprint density at radius 2 is 1.72 bits per heavy atom. The number of benzene rings is 2. The molecule has 0 spiro atoms. The number of hydrogen-bond acceptors (Lipinski definition) is 2. The largest absolute Gasteiger partial charge is 0.481 e. The van der Waals surface area contributed by atoms with E-state index in [2.05, 4.69) is 43.0 Å². The van der Waals surface area contributed by atoms with Crippen LogP contribution in [0.5, 0.6) is 0 Å². The van der Waals surface area contributed by atoms with E-state index < -0.39 is 23.6 Å². The molecular formula is C23H26F3NO2. The smallest absolute Gasteiger partial charge is 0.416 e. The number of nitrogens with zero attached hydrogens (tertiary/aromatic N) is 1. The minimum absolute atomic E-state index is 0.225. The summed E-state index contributed by atoms with van der Waals surface area (Å²) in [6.07, 6.45) is -3.45. The Hall–Kier alpha value is -2.34. The molecule has 0 radical (unpaired) electrons. The summed E-state index contributed by atoms with van der Waals surface area (Å²) in [5, 5.41) is 9.44. The Labute approximate surface area is 169 Å². The first kappa shape index (κ1) is 21.4. The summed E-state index contributed by atoms with van der Waals surface area (Å²) >= 11 is 0. The molecule has 3 rings (SSSR count). The van der Waals surface area contributed by atoms with E-state index in [0.717, 1.165) is 23.3 Å². The molecule has 2 aromatic carbocycles. The van der Waals surface area contributed by atoms with Crippen LogP contribution in [0.15, 0.2) is 48.5 Å². The molecule has 0 aromatic heterocycles. The van der Waals surface area contributed by atoms with Gasteiger partial charge in [0.15, 0.2) is 0 Å². The molecule has 1 saturated heterocycles. The number of aliphatic carboxylic acids is 1. The van der Waals surface area contributed by atoms with E-state index in [4.69, 9.17) is 0 Å². The predicted molar refractivity (Wildman–Crippen MR) is 105 cm³/mol. The van der Waals surface area contributed by atoms with Crippen LogP contribution in [0.25, 0.3) is 0 Å². The molecule has 0 amide bonds. The van der Waals surface area contributed by atoms with Gasteiger partial charge in [-0.05, 0) is 54.1 Å². The van der Waals surface area contributed by atoms with E-state index >= 15 is 0 Å². The lowest BCUT2D eigenvalue weighted by Crippen LogP contribution is -2.38. The summed E-state index contributed by atoms with van der Waals surface area (Å²) < 4.78 is 38.7. The first-order chi connectivity index (χ1) is 13.6. The normalized spacial score (nSPS) is 20.8. The maximum atomic E-state index is 12.9. The van der Waals surface area contributed by atoms with Crippen LogP contribution in [-0.2, 0) is 17.5 Å². The fraction of sp³-hybridized carbons (Fsp3) is 0.435. The second-order valence-electron chi connectivity index (χ2n) is 8.06. The molecule has 1 heterocycles. The van der Waals surface area contributed by atoms with Gasteiger partial charge in [0, 0.05) is 12.6 Å². The lowest BCUT2D eigenvalue weighted by atomic mass is 9.86. The van der Waals surface area contributed by atoms with Crippen molar-refractivity contribution in [3.8, 4) is 0 Å². The average Bonchev–Trinajstić information content (AvgIpc) is 2.68. The van der Waals surface area contributed by atoms with Crippen LogP contribution in [0.1, 0.15) is 60.9 Å². The van der Waals surface area contributed by atoms with E-state index in [1.807, 2.05) is 0 Å². The van der Waals surface area contributed by atoms with Gasteiger partial charge in [0.25, 0.3) is 0 Å². The van der Waals surface area contributed by atoms with E-state index in [-0.39, 0.29) is 6.04 Å². The highest BCUT2D eigenvalue weighted by Crippen LogP contribution is 2.37. The van der Waals surface area contributed by atoms with Gasteiger partial charge in [0.2, 0.25) is 0 Å². The standard InChI is InChI=1S/C23H26F3NO2/c1-15(2)17-5-3-16(4-6-17)14-27-12-11-19(22(28)29)13-21(27)18-7-9-20(10-8-18)23(24,25)26/h3-10,15,19,21H,11-14H2,1-2H3,(H,28,29)/t19-,21+/m1/s1. The quantitative estimate of drug-likeness (QED) is 0.677. The summed E-state index contributed by atoms with van der Waals surface area (Å²) in [5.74, 6) is -0.889. The Morgan fingerprint density at radius 3 is 2.24 bits per heavy atom. The molecular weight excluding hydrogens is 379 g/mol. The van der Waals surface area contributed by atoms with Crippen LogP contribution in [0, 0.1) is 5.92 Å². The third-order valence-corrected chi connectivity index (χ3v) is 5.72. The molecule has 2 aromatic rings. The zero-order valence-corrected chi connectivity index (χ0v) is 16.6. The first-order valence-electron chi connectivity index (χ1n) is 9.88. The number of carboxylic acid groups (broad SMARTS) is 1. The molecule has 1 N–H and O–H groups in total. The molecule has 29 heavy (non-hydrogen) atoms. The number of rotatable bonds is 5. The number of likely N-dealkylation sites (tertiary alicyclic amines) is 1. The Balaban J connectivity index is 1.83. The molecule has 2 atom stereocenters. The zero-order chi connectivity index (χ0) is 21.2. The molecule has 1 fully saturated rings. The third-order valence-electron chi connectivity index (χ3n) is 5.72. The monoisotopic (exact) mass is 405 g/mol. The van der Waals surface area contributed by atoms with Crippen LogP contribution < -0.4 is 0 Å². The summed E-state index contributed by atoms with van der Waals surface area (Å²) in [4.78, 5) is 13.7. The zero-order valence-electron chi connectivity index (χ0n) is 16.6. The molecule has 0 bridgehead atoms. The van der Waals surface area contributed by atoms with Crippen LogP contribution in [-0.4, -0.2) is 22.5 Å². The van der Waals surface area contributed by atoms with Crippen molar-refractivity contribution in [1.82, 2.24) is 4.90 Å². The van der Waals surface area contributed by atoms with Gasteiger partial charge in [0.1, 0.15) is 0 Å². The van der Waals surface area contributed by atoms with Crippen molar-refractivity contribution in [3.63, 3.8) is 0 Å². The van der Waals surface area contributed by atoms with Gasteiger partial charge in [-0.25, -0.2) is 0 Å². The highest BCUT2D eigenvalue weighted by atomic mass is 19.4. The summed E-state index contributed by atoms with van der Waals surface area (Å²) in [6.45, 7) is 5.49. The van der Waals surface area contributed by atoms with Gasteiger partial charge < -0.3 is 5.11 Å². The molecule has 1 aliphatic heterocycles. The van der Waals surface area contributed by atoms with Crippen LogP contribution in [0.3, 0.4) is 0 Å². The van der Waals surface area contributed by atoms with Crippen molar-refractivity contribution < 1.29 is 23.1 Å². The second kappa shape index (κ2) is 8.57. The fourth-order valence-corrected chi connectivity index (χ4v) is 3.91. The minimum Gasteiger partial charge on any atom is -0.481 e. The predicted octanol–water partition coefficient (Wildman–Crippen LogP) is 5.87. The summed E-state index contributed by atoms with van der Waals surface area (Å²) in [7, 11) is 0. The highest BCUT2D eigenvalue weighted by molar-refractivity contribution is 5.70. The number of halogens is 3. The first-order valence-corrected chi connectivity index (χ1v) is 9.88. The van der Waals surface area contributed by atoms with Gasteiger partial charge >= 0.3 is 12.1 Å². The Bertz CT molecular complexity index is 829. The van der Waals surface area contributed by atoms with Crippen molar-refractivity contribution in [2.45, 2.75) is 51.4 Å². The van der Waals surface area contributed by atoms with E-state index in [9.17, 15) is 23.1 Å². The molecule has 3 nitrogen and oxygen atoms in total. The molecule has 0 aliphatic carbocycles. The Kier molecular flexibility index (Phi) is 6.32. The molecule has 0 unspecified atom stereocenters. The van der Waals surface area contributed by atoms with E-state index in [1.54, 1.807) is 0 Å². The van der Waals surface area contributed by atoms with Crippen molar-refractivity contribution >= 4 is 5.97 Å². The average molecular weight is 405 g/mol. The molecule has 1 aliphatic rings. The topological polar surface area (TPSA) is 40.5 Å². The van der Waals surface area contributed by atoms with Gasteiger partial charge in [-0.1, -0.05) is 50.2 Å². The van der Waals surface area contributed by atoms with Crippen molar-refractivity contribution in [2.24, 2.45) is 5.92 Å². The van der Waals surface area contributed by atoms with E-state index in [0.29, 0.717) is 31.8 Å². The second-order valence-corrected chi connectivity index (χ2v) is 8.06. The van der Waals surface area contributed by atoms with Crippen molar-refractivity contribution in [3.05, 3.63) is 70.8 Å². The molecule has 6 heteroatoms. The molecule has 0 saturated carbocycles. The fourth-order valence-electron chi connectivity index (χ4n) is 3.91. The number of piperidine rings is 1. The number of carbonyl (C=O) groups is 1. The third kappa shape index (κ3) is 5.18. The van der Waals surface area contributed by atoms with Gasteiger partial charge in [-0.2, -0.15) is 13.2 Å². The van der Waals surface area contributed by atoms with Crippen LogP contribution >= 0.6 is 0 Å². The molecule has 156 valence electrons. The maximum absolute atomic E-state index is 12.9. The lowest BCUT2D eigenvalue weighted by Gasteiger charge is -2.38. The summed E-state index contributed by atoms with van der Waals surface area (Å²) in [6, 6.07) is 13.2. The SMILES string of the molecule is CC(C)c1ccc(CN2CC[C@@H](C(=O)O)C[C@H]2c2ccc(C(F)(F)F)cc2)cc1. The van der Waals surface area contributed by atoms with Crippen LogP contribution in [0.4, 0.5) is 13.2 Å². The highest BCUT2D eigenvalue weighted by Gasteiger charge is 2.34. The van der Waals surface area contributed by atoms with Crippen molar-refractivity contribution in [1.29, 1.82) is 0 Å². The van der Waals surface area contributed by atoms with E-state index in [1.165, 1.54) is 17.7 Å². The van der Waals surface area contributed by atoms with Crippen LogP contribution in [0.2, 0.25) is 0 Å². The van der Waals surface area contributed by atoms with Gasteiger partial charge in [0.05, 0.1) is 11.5 Å². The lowest BCUT2D eigenvalue weighted by molar-refractivity contribution is -0.144. The minimum atomic E-state index is -4.38.